The number of aromatic nitrogens is 6. The van der Waals surface area contributed by atoms with Gasteiger partial charge in [-0.1, -0.05) is 11.3 Å². The monoisotopic (exact) mass is 629 g/mol. The number of nitrogens with zero attached hydrogens (tertiary/aromatic N) is 6. The first-order chi connectivity index (χ1) is 22.4. The molecule has 4 aromatic rings. The van der Waals surface area contributed by atoms with Crippen LogP contribution in [0.3, 0.4) is 0 Å². The van der Waals surface area contributed by atoms with Crippen LogP contribution in [0.1, 0.15) is 54.5 Å². The molecule has 4 saturated heterocycles. The van der Waals surface area contributed by atoms with Gasteiger partial charge < -0.3 is 19.3 Å². The van der Waals surface area contributed by atoms with Crippen molar-refractivity contribution >= 4 is 10.9 Å². The summed E-state index contributed by atoms with van der Waals surface area (Å²) < 4.78 is 21.4. The number of H-pyrrole nitrogens is 1. The average molecular weight is 630 g/mol. The zero-order valence-corrected chi connectivity index (χ0v) is 26.0. The van der Waals surface area contributed by atoms with E-state index in [2.05, 4.69) is 37.8 Å². The van der Waals surface area contributed by atoms with Crippen LogP contribution in [0, 0.1) is 18.8 Å². The quantitative estimate of drug-likeness (QED) is 0.251. The topological polar surface area (TPSA) is 150 Å². The largest absolute Gasteiger partial charge is 0.497 e. The summed E-state index contributed by atoms with van der Waals surface area (Å²) in [7, 11) is 1.66. The fraction of sp³-hybridized carbons (Fsp3) is 0.485. The van der Waals surface area contributed by atoms with Gasteiger partial charge in [0.25, 0.3) is 5.56 Å². The average Bonchev–Trinajstić information content (AvgIpc) is 3.74. The second-order valence-electron chi connectivity index (χ2n) is 12.5. The van der Waals surface area contributed by atoms with Gasteiger partial charge in [0.1, 0.15) is 23.8 Å². The van der Waals surface area contributed by atoms with Crippen LogP contribution in [0.4, 0.5) is 0 Å². The van der Waals surface area contributed by atoms with E-state index < -0.39 is 23.6 Å². The highest BCUT2D eigenvalue weighted by Gasteiger charge is 2.44. The number of aliphatic hydroxyl groups excluding tert-OH is 1. The first-order valence-electron chi connectivity index (χ1n) is 15.8. The van der Waals surface area contributed by atoms with Crippen molar-refractivity contribution in [3.63, 3.8) is 0 Å². The molecule has 3 aromatic heterocycles. The van der Waals surface area contributed by atoms with E-state index in [4.69, 9.17) is 14.2 Å². The molecule has 8 rings (SSSR count). The fourth-order valence-electron chi connectivity index (χ4n) is 7.47. The van der Waals surface area contributed by atoms with Crippen LogP contribution >= 0.6 is 0 Å². The van der Waals surface area contributed by atoms with Crippen molar-refractivity contribution in [2.45, 2.75) is 63.3 Å². The van der Waals surface area contributed by atoms with Crippen LogP contribution in [0.2, 0.25) is 0 Å². The molecule has 3 unspecified atom stereocenters. The molecule has 13 heteroatoms. The van der Waals surface area contributed by atoms with E-state index in [9.17, 15) is 14.7 Å². The summed E-state index contributed by atoms with van der Waals surface area (Å²) >= 11 is 0. The lowest BCUT2D eigenvalue weighted by atomic mass is 9.73. The molecule has 4 aliphatic rings. The minimum absolute atomic E-state index is 0.170. The van der Waals surface area contributed by atoms with Gasteiger partial charge in [-0.2, -0.15) is 0 Å². The third-order valence-electron chi connectivity index (χ3n) is 9.94. The van der Waals surface area contributed by atoms with E-state index in [0.717, 1.165) is 48.1 Å². The molecular weight excluding hydrogens is 590 g/mol. The Bertz CT molecular complexity index is 1850. The number of hydrogen-bond acceptors (Lipinski definition) is 10. The zero-order chi connectivity index (χ0) is 31.9. The predicted molar refractivity (Wildman–Crippen MR) is 168 cm³/mol. The molecule has 7 heterocycles. The molecule has 2 N–H and O–H groups in total. The van der Waals surface area contributed by atoms with Crippen LogP contribution in [-0.2, 0) is 16.1 Å². The smallest absolute Gasteiger partial charge is 0.330 e. The number of fused-ring (bicyclic) bond motifs is 4. The number of piperidine rings is 3. The minimum atomic E-state index is -0.675. The molecule has 1 aromatic carbocycles. The lowest BCUT2D eigenvalue weighted by Crippen LogP contribution is -2.55. The highest BCUT2D eigenvalue weighted by atomic mass is 16.5. The van der Waals surface area contributed by atoms with E-state index in [1.165, 1.54) is 10.8 Å². The lowest BCUT2D eigenvalue weighted by Gasteiger charge is -2.51. The Kier molecular flexibility index (Phi) is 8.32. The number of hydrogen-bond donors (Lipinski definition) is 2. The number of aromatic amines is 1. The van der Waals surface area contributed by atoms with E-state index in [1.54, 1.807) is 18.7 Å². The van der Waals surface area contributed by atoms with Crippen molar-refractivity contribution in [2.75, 3.05) is 26.8 Å². The summed E-state index contributed by atoms with van der Waals surface area (Å²) in [6.45, 7) is 7.65. The molecule has 4 fully saturated rings. The Morgan fingerprint density at radius 1 is 1.24 bits per heavy atom. The number of ether oxygens (including phenoxy) is 3. The highest BCUT2D eigenvalue weighted by molar-refractivity contribution is 5.84. The predicted octanol–water partition coefficient (Wildman–Crippen LogP) is 2.67. The van der Waals surface area contributed by atoms with Gasteiger partial charge in [0, 0.05) is 42.4 Å². The number of benzene rings is 1. The summed E-state index contributed by atoms with van der Waals surface area (Å²) in [5.41, 5.74) is 1.96. The summed E-state index contributed by atoms with van der Waals surface area (Å²) in [6, 6.07) is 7.74. The van der Waals surface area contributed by atoms with E-state index in [0.29, 0.717) is 29.5 Å². The Hall–Kier alpha value is -4.17. The second-order valence-corrected chi connectivity index (χ2v) is 12.5. The number of rotatable bonds is 10. The van der Waals surface area contributed by atoms with Crippen molar-refractivity contribution in [1.29, 1.82) is 0 Å². The van der Waals surface area contributed by atoms with Crippen molar-refractivity contribution in [3.05, 3.63) is 93.2 Å². The van der Waals surface area contributed by atoms with Gasteiger partial charge in [-0.05, 0) is 68.0 Å². The van der Waals surface area contributed by atoms with Gasteiger partial charge in [-0.3, -0.25) is 24.2 Å². The zero-order valence-electron chi connectivity index (χ0n) is 26.0. The maximum absolute atomic E-state index is 12.5. The molecule has 46 heavy (non-hydrogen) atoms. The van der Waals surface area contributed by atoms with Gasteiger partial charge in [0.15, 0.2) is 0 Å². The van der Waals surface area contributed by atoms with E-state index >= 15 is 0 Å². The minimum Gasteiger partial charge on any atom is -0.497 e. The van der Waals surface area contributed by atoms with Gasteiger partial charge in [0.2, 0.25) is 0 Å². The normalized spacial score (nSPS) is 28.0. The van der Waals surface area contributed by atoms with Crippen LogP contribution < -0.4 is 16.0 Å². The summed E-state index contributed by atoms with van der Waals surface area (Å²) in [5, 5.41) is 19.9. The molecule has 4 aliphatic heterocycles. The Labute approximate surface area is 265 Å². The number of methoxy groups -OCH3 is 1. The van der Waals surface area contributed by atoms with Crippen LogP contribution in [-0.4, -0.2) is 78.5 Å². The second kappa shape index (κ2) is 12.6. The van der Waals surface area contributed by atoms with Crippen LogP contribution in [0.15, 0.2) is 65.1 Å². The molecule has 0 saturated carbocycles. The summed E-state index contributed by atoms with van der Waals surface area (Å²) in [5.74, 6) is 1.80. The first kappa shape index (κ1) is 30.5. The Morgan fingerprint density at radius 3 is 2.87 bits per heavy atom. The third kappa shape index (κ3) is 5.57. The first-order valence-corrected chi connectivity index (χ1v) is 15.8. The van der Waals surface area contributed by atoms with Crippen molar-refractivity contribution < 1.29 is 19.3 Å². The molecule has 13 nitrogen and oxygen atoms in total. The SMILES string of the molecule is C=CC1CN2CCC1C[C@@H]2[C@@H](OCc1cn([C@H]2C[C@H](n3cc(C)c(=O)[nH]c3=O)O[C@@H]2CO)nn1)c1ccnc2ccc(OC)cc12. The maximum atomic E-state index is 12.5. The molecule has 0 amide bonds. The number of aryl methyl sites for hydroxylation is 1. The molecule has 0 radical (unpaired) electrons. The van der Waals surface area contributed by atoms with E-state index in [-0.39, 0.29) is 31.4 Å². The van der Waals surface area contributed by atoms with Crippen molar-refractivity contribution in [3.8, 4) is 5.75 Å². The summed E-state index contributed by atoms with van der Waals surface area (Å²) in [6.07, 6.45) is 8.19. The molecule has 0 aliphatic carbocycles. The number of aliphatic hydroxyl groups is 1. The number of nitrogens with one attached hydrogen (secondary N) is 1. The van der Waals surface area contributed by atoms with Crippen LogP contribution in [0.5, 0.6) is 5.75 Å². The van der Waals surface area contributed by atoms with Crippen molar-refractivity contribution in [1.82, 2.24) is 34.4 Å². The highest BCUT2D eigenvalue weighted by Crippen LogP contribution is 2.44. The number of pyridine rings is 1. The Morgan fingerprint density at radius 2 is 2.11 bits per heavy atom. The fourth-order valence-corrected chi connectivity index (χ4v) is 7.47. The van der Waals surface area contributed by atoms with Crippen molar-refractivity contribution in [2.24, 2.45) is 11.8 Å². The van der Waals surface area contributed by atoms with E-state index in [1.807, 2.05) is 36.7 Å². The maximum Gasteiger partial charge on any atom is 0.330 e. The van der Waals surface area contributed by atoms with Gasteiger partial charge in [0.05, 0.1) is 44.2 Å². The molecule has 2 bridgehead atoms. The van der Waals surface area contributed by atoms with Gasteiger partial charge in [-0.25, -0.2) is 9.48 Å². The van der Waals surface area contributed by atoms with Gasteiger partial charge in [-0.15, -0.1) is 11.7 Å². The van der Waals surface area contributed by atoms with Crippen LogP contribution in [0.25, 0.3) is 10.9 Å². The molecular formula is C33H39N7O6. The molecule has 8 atom stereocenters. The van der Waals surface area contributed by atoms with Gasteiger partial charge >= 0.3 is 5.69 Å². The standard InChI is InChI=1S/C33H39N7O6/c1-4-20-15-38-10-8-21(20)11-28(38)31(24-7-9-34-26-6-5-23(44-3)12-25(24)26)45-18-22-16-40(37-36-22)27-13-30(46-29(27)17-41)39-14-19(2)32(42)35-33(39)43/h4-7,9,12,14,16,20-21,27-31,41H,1,8,10-11,13,15,17-18H2,2-3H3,(H,35,42,43)/t20?,21?,27-,28+,29+,30+,31-/m0/s1. The third-order valence-corrected chi connectivity index (χ3v) is 9.94. The molecule has 242 valence electrons. The lowest BCUT2D eigenvalue weighted by molar-refractivity contribution is -0.0809. The molecule has 0 spiro atoms. The Balaban J connectivity index is 1.15. The summed E-state index contributed by atoms with van der Waals surface area (Å²) in [4.78, 5) is 33.8.